The Morgan fingerprint density at radius 3 is 1.50 bits per heavy atom. The highest BCUT2D eigenvalue weighted by atomic mass is 28.4. The molecule has 4 atom stereocenters. The van der Waals surface area contributed by atoms with Crippen LogP contribution >= 0.6 is 0 Å². The summed E-state index contributed by atoms with van der Waals surface area (Å²) in [4.78, 5) is 16.0. The number of hydrogen-bond donors (Lipinski definition) is 0. The van der Waals surface area contributed by atoms with Gasteiger partial charge in [0.1, 0.15) is 5.60 Å². The van der Waals surface area contributed by atoms with Crippen LogP contribution in [0.15, 0.2) is 121 Å². The average Bonchev–Trinajstić information content (AvgIpc) is 3.02. The van der Waals surface area contributed by atoms with E-state index in [-0.39, 0.29) is 35.1 Å². The number of likely N-dealkylation sites (tertiary alicyclic amines) is 1. The van der Waals surface area contributed by atoms with Crippen molar-refractivity contribution < 1.29 is 14.0 Å². The van der Waals surface area contributed by atoms with Gasteiger partial charge in [0.25, 0.3) is 0 Å². The highest BCUT2D eigenvalue weighted by Gasteiger charge is 2.56. The second kappa shape index (κ2) is 12.8. The van der Waals surface area contributed by atoms with Gasteiger partial charge in [-0.3, -0.25) is 4.79 Å². The summed E-state index contributed by atoms with van der Waals surface area (Å²) in [7, 11) is -2.12. The molecule has 1 aliphatic heterocycles. The maximum absolute atomic E-state index is 14.0. The molecule has 0 aromatic heterocycles. The maximum Gasteiger partial charge on any atom is 0.231 e. The Kier molecular flexibility index (Phi) is 9.31. The zero-order valence-corrected chi connectivity index (χ0v) is 28.2. The largest absolute Gasteiger partial charge is 0.413 e. The summed E-state index contributed by atoms with van der Waals surface area (Å²) in [5, 5.41) is 0.0402. The standard InChI is InChI=1S/C39H47NO3Si/c1-29(43-44(6,7)38(3,4)5)35-36(40(37(35)41)28-31-20-12-8-13-21-31)30(2)42-39(32-22-14-9-15-23-32,33-24-16-10-17-25-33)34-26-18-11-19-27-34/h8-27,29-30,35-36H,28H2,1-7H3/t29-,30+,35-,36-/m1/s1. The van der Waals surface area contributed by atoms with Crippen LogP contribution in [0.2, 0.25) is 18.1 Å². The number of carbonyl (C=O) groups excluding carboxylic acids is 1. The van der Waals surface area contributed by atoms with Crippen molar-refractivity contribution in [2.24, 2.45) is 5.92 Å². The molecule has 230 valence electrons. The van der Waals surface area contributed by atoms with Gasteiger partial charge in [-0.2, -0.15) is 0 Å². The Morgan fingerprint density at radius 2 is 1.09 bits per heavy atom. The Balaban J connectivity index is 1.58. The monoisotopic (exact) mass is 605 g/mol. The molecule has 4 aromatic rings. The Labute approximate surface area is 265 Å². The molecule has 1 fully saturated rings. The molecule has 0 spiro atoms. The molecule has 0 N–H and O–H groups in total. The molecule has 0 saturated carbocycles. The van der Waals surface area contributed by atoms with Crippen molar-refractivity contribution in [3.8, 4) is 0 Å². The maximum atomic E-state index is 14.0. The lowest BCUT2D eigenvalue weighted by atomic mass is 9.77. The zero-order valence-electron chi connectivity index (χ0n) is 27.2. The summed E-state index contributed by atoms with van der Waals surface area (Å²) >= 11 is 0. The second-order valence-corrected chi connectivity index (χ2v) is 18.4. The van der Waals surface area contributed by atoms with E-state index < -0.39 is 13.9 Å². The first-order valence-corrected chi connectivity index (χ1v) is 18.7. The molecule has 0 radical (unpaired) electrons. The van der Waals surface area contributed by atoms with E-state index in [1.807, 2.05) is 41.3 Å². The Bertz CT molecular complexity index is 1410. The molecule has 4 nitrogen and oxygen atoms in total. The SMILES string of the molecule is C[C@H](OC(c1ccccc1)(c1ccccc1)c1ccccc1)[C@@H]1[C@@H]([C@@H](C)O[Si](C)(C)C(C)(C)C)C(=O)N1Cc1ccccc1. The van der Waals surface area contributed by atoms with E-state index in [9.17, 15) is 4.79 Å². The van der Waals surface area contributed by atoms with Crippen molar-refractivity contribution >= 4 is 14.2 Å². The van der Waals surface area contributed by atoms with Crippen LogP contribution in [0.25, 0.3) is 0 Å². The fourth-order valence-electron chi connectivity index (χ4n) is 6.37. The fourth-order valence-corrected chi connectivity index (χ4v) is 7.80. The minimum Gasteiger partial charge on any atom is -0.413 e. The predicted molar refractivity (Wildman–Crippen MR) is 182 cm³/mol. The number of amides is 1. The van der Waals surface area contributed by atoms with Gasteiger partial charge in [-0.1, -0.05) is 142 Å². The van der Waals surface area contributed by atoms with Gasteiger partial charge in [0.2, 0.25) is 5.91 Å². The molecule has 0 aliphatic carbocycles. The second-order valence-electron chi connectivity index (χ2n) is 13.7. The number of nitrogens with zero attached hydrogens (tertiary/aromatic N) is 1. The third kappa shape index (κ3) is 6.19. The number of rotatable bonds is 11. The van der Waals surface area contributed by atoms with Gasteiger partial charge in [0.15, 0.2) is 8.32 Å². The van der Waals surface area contributed by atoms with Crippen LogP contribution in [0.3, 0.4) is 0 Å². The predicted octanol–water partition coefficient (Wildman–Crippen LogP) is 8.82. The van der Waals surface area contributed by atoms with Gasteiger partial charge in [-0.25, -0.2) is 0 Å². The quantitative estimate of drug-likeness (QED) is 0.0974. The highest BCUT2D eigenvalue weighted by molar-refractivity contribution is 6.74. The van der Waals surface area contributed by atoms with E-state index in [4.69, 9.17) is 9.16 Å². The lowest BCUT2D eigenvalue weighted by Crippen LogP contribution is -2.69. The van der Waals surface area contributed by atoms with Gasteiger partial charge in [0.05, 0.1) is 24.2 Å². The molecule has 0 unspecified atom stereocenters. The van der Waals surface area contributed by atoms with Crippen molar-refractivity contribution in [2.75, 3.05) is 0 Å². The van der Waals surface area contributed by atoms with E-state index in [0.29, 0.717) is 6.54 Å². The van der Waals surface area contributed by atoms with Crippen molar-refractivity contribution in [3.05, 3.63) is 144 Å². The Hall–Kier alpha value is -3.51. The van der Waals surface area contributed by atoms with Crippen molar-refractivity contribution in [1.29, 1.82) is 0 Å². The summed E-state index contributed by atoms with van der Waals surface area (Å²) in [5.74, 6) is -0.173. The molecule has 1 amide bonds. The molecule has 0 bridgehead atoms. The summed E-state index contributed by atoms with van der Waals surface area (Å²) in [6, 6.07) is 41.4. The molecule has 44 heavy (non-hydrogen) atoms. The molecule has 1 aliphatic rings. The van der Waals surface area contributed by atoms with Gasteiger partial charge in [0, 0.05) is 6.54 Å². The first kappa shape index (κ1) is 31.9. The topological polar surface area (TPSA) is 38.8 Å². The number of ether oxygens (including phenoxy) is 1. The van der Waals surface area contributed by atoms with E-state index >= 15 is 0 Å². The van der Waals surface area contributed by atoms with Gasteiger partial charge >= 0.3 is 0 Å². The van der Waals surface area contributed by atoms with Gasteiger partial charge in [-0.05, 0) is 54.2 Å². The fraction of sp³-hybridized carbons (Fsp3) is 0.359. The lowest BCUT2D eigenvalue weighted by Gasteiger charge is -2.54. The Morgan fingerprint density at radius 1 is 0.682 bits per heavy atom. The van der Waals surface area contributed by atoms with Crippen LogP contribution in [0.5, 0.6) is 0 Å². The molecule has 1 heterocycles. The number of β-lactam (4-membered cyclic amide) rings is 1. The number of hydrogen-bond acceptors (Lipinski definition) is 3. The summed E-state index contributed by atoms with van der Waals surface area (Å²) in [6.45, 7) is 16.0. The summed E-state index contributed by atoms with van der Waals surface area (Å²) in [6.07, 6.45) is -0.543. The third-order valence-corrected chi connectivity index (χ3v) is 14.2. The smallest absolute Gasteiger partial charge is 0.231 e. The minimum absolute atomic E-state index is 0.0402. The van der Waals surface area contributed by atoms with E-state index in [0.717, 1.165) is 22.3 Å². The van der Waals surface area contributed by atoms with E-state index in [1.165, 1.54) is 0 Å². The third-order valence-electron chi connectivity index (χ3n) is 9.67. The average molecular weight is 606 g/mol. The molecule has 5 heteroatoms. The van der Waals surface area contributed by atoms with Gasteiger partial charge < -0.3 is 14.1 Å². The van der Waals surface area contributed by atoms with Crippen molar-refractivity contribution in [1.82, 2.24) is 4.90 Å². The van der Waals surface area contributed by atoms with E-state index in [1.54, 1.807) is 0 Å². The zero-order chi connectivity index (χ0) is 31.5. The highest BCUT2D eigenvalue weighted by Crippen LogP contribution is 2.46. The first-order chi connectivity index (χ1) is 21.0. The first-order valence-electron chi connectivity index (χ1n) is 15.8. The number of carbonyl (C=O) groups is 1. The van der Waals surface area contributed by atoms with Crippen LogP contribution in [0.4, 0.5) is 0 Å². The van der Waals surface area contributed by atoms with Crippen LogP contribution in [0.1, 0.15) is 56.9 Å². The van der Waals surface area contributed by atoms with Crippen LogP contribution in [-0.4, -0.2) is 37.4 Å². The van der Waals surface area contributed by atoms with E-state index in [2.05, 4.69) is 133 Å². The molecule has 1 saturated heterocycles. The summed E-state index contributed by atoms with van der Waals surface area (Å²) < 4.78 is 14.3. The lowest BCUT2D eigenvalue weighted by molar-refractivity contribution is -0.184. The van der Waals surface area contributed by atoms with Crippen molar-refractivity contribution in [2.45, 2.75) is 83.1 Å². The van der Waals surface area contributed by atoms with Gasteiger partial charge in [-0.15, -0.1) is 0 Å². The normalized spacial score (nSPS) is 18.9. The van der Waals surface area contributed by atoms with Crippen molar-refractivity contribution in [3.63, 3.8) is 0 Å². The molecular weight excluding hydrogens is 559 g/mol. The van der Waals surface area contributed by atoms with Crippen LogP contribution in [0, 0.1) is 5.92 Å². The minimum atomic E-state index is -2.12. The summed E-state index contributed by atoms with van der Waals surface area (Å²) in [5.41, 5.74) is 3.37. The molecule has 4 aromatic carbocycles. The van der Waals surface area contributed by atoms with Crippen LogP contribution in [-0.2, 0) is 26.1 Å². The van der Waals surface area contributed by atoms with Crippen LogP contribution < -0.4 is 0 Å². The molecule has 5 rings (SSSR count). The number of benzene rings is 4. The molecular formula is C39H47NO3Si.